The second-order valence-electron chi connectivity index (χ2n) is 4.20. The van der Waals surface area contributed by atoms with E-state index in [-0.39, 0.29) is 11.6 Å². The highest BCUT2D eigenvalue weighted by atomic mass is 32.1. The van der Waals surface area contributed by atoms with Crippen molar-refractivity contribution in [2.45, 2.75) is 18.9 Å². The van der Waals surface area contributed by atoms with Crippen LogP contribution in [0.4, 0.5) is 10.1 Å². The highest BCUT2D eigenvalue weighted by molar-refractivity contribution is 7.18. The van der Waals surface area contributed by atoms with Crippen LogP contribution in [-0.2, 0) is 0 Å². The number of hydrogen-bond donors (Lipinski definition) is 2. The second-order valence-corrected chi connectivity index (χ2v) is 5.19. The summed E-state index contributed by atoms with van der Waals surface area (Å²) in [6.45, 7) is 2.20. The van der Waals surface area contributed by atoms with Crippen LogP contribution in [0.15, 0.2) is 6.20 Å². The average molecular weight is 272 g/mol. The van der Waals surface area contributed by atoms with E-state index < -0.39 is 4.92 Å². The lowest BCUT2D eigenvalue weighted by Gasteiger charge is -2.24. The van der Waals surface area contributed by atoms with E-state index in [4.69, 9.17) is 5.11 Å². The van der Waals surface area contributed by atoms with E-state index >= 15 is 0 Å². The predicted octanol–water partition coefficient (Wildman–Crippen LogP) is 0.602. The Kier molecular flexibility index (Phi) is 4.45. The van der Waals surface area contributed by atoms with E-state index in [1.165, 1.54) is 6.20 Å². The van der Waals surface area contributed by atoms with Gasteiger partial charge in [0.1, 0.15) is 6.20 Å². The number of hydrogen-bond acceptors (Lipinski definition) is 7. The Hall–Kier alpha value is -1.25. The normalized spacial score (nSPS) is 19.1. The molecule has 0 bridgehead atoms. The van der Waals surface area contributed by atoms with Gasteiger partial charge in [0.15, 0.2) is 5.13 Å². The largest absolute Gasteiger partial charge is 0.395 e. The zero-order chi connectivity index (χ0) is 13.0. The van der Waals surface area contributed by atoms with Crippen LogP contribution < -0.4 is 10.2 Å². The zero-order valence-corrected chi connectivity index (χ0v) is 10.7. The molecule has 0 saturated carbocycles. The molecule has 7 nitrogen and oxygen atoms in total. The zero-order valence-electron chi connectivity index (χ0n) is 9.91. The molecule has 2 N–H and O–H groups in total. The first-order valence-corrected chi connectivity index (χ1v) is 6.71. The van der Waals surface area contributed by atoms with Crippen molar-refractivity contribution in [3.05, 3.63) is 16.3 Å². The number of anilines is 1. The van der Waals surface area contributed by atoms with E-state index in [2.05, 4.69) is 10.3 Å². The summed E-state index contributed by atoms with van der Waals surface area (Å²) in [6, 6.07) is 0.375. The van der Waals surface area contributed by atoms with Crippen molar-refractivity contribution in [3.8, 4) is 0 Å². The van der Waals surface area contributed by atoms with Crippen LogP contribution in [0.1, 0.15) is 12.8 Å². The topological polar surface area (TPSA) is 91.5 Å². The molecule has 0 aliphatic carbocycles. The summed E-state index contributed by atoms with van der Waals surface area (Å²) in [4.78, 5) is 16.2. The third kappa shape index (κ3) is 3.15. The molecular formula is C10H16N4O3S. The summed E-state index contributed by atoms with van der Waals surface area (Å²) in [6.07, 6.45) is 3.51. The molecule has 1 aromatic rings. The van der Waals surface area contributed by atoms with Crippen LogP contribution in [0.3, 0.4) is 0 Å². The van der Waals surface area contributed by atoms with Gasteiger partial charge in [-0.1, -0.05) is 0 Å². The van der Waals surface area contributed by atoms with E-state index in [0.717, 1.165) is 37.3 Å². The molecule has 0 amide bonds. The monoisotopic (exact) mass is 272 g/mol. The summed E-state index contributed by atoms with van der Waals surface area (Å²) in [5.41, 5.74) is 0. The lowest BCUT2D eigenvalue weighted by atomic mass is 10.2. The maximum Gasteiger partial charge on any atom is 0.345 e. The molecule has 1 fully saturated rings. The number of nitrogens with zero attached hydrogens (tertiary/aromatic N) is 3. The fraction of sp³-hybridized carbons (Fsp3) is 0.700. The Balaban J connectivity index is 2.04. The van der Waals surface area contributed by atoms with E-state index in [1.807, 2.05) is 4.90 Å². The van der Waals surface area contributed by atoms with Crippen molar-refractivity contribution in [1.29, 1.82) is 0 Å². The molecule has 1 aliphatic rings. The highest BCUT2D eigenvalue weighted by Crippen LogP contribution is 2.28. The Morgan fingerprint density at radius 3 is 3.11 bits per heavy atom. The summed E-state index contributed by atoms with van der Waals surface area (Å²) >= 11 is 1.05. The number of aliphatic hydroxyl groups is 1. The van der Waals surface area contributed by atoms with Gasteiger partial charge in [0, 0.05) is 19.1 Å². The second kappa shape index (κ2) is 6.07. The van der Waals surface area contributed by atoms with Crippen LogP contribution in [0.25, 0.3) is 0 Å². The van der Waals surface area contributed by atoms with Crippen LogP contribution in [0.5, 0.6) is 0 Å². The van der Waals surface area contributed by atoms with E-state index in [0.29, 0.717) is 17.7 Å². The van der Waals surface area contributed by atoms with Gasteiger partial charge >= 0.3 is 5.00 Å². The Morgan fingerprint density at radius 2 is 2.56 bits per heavy atom. The number of aliphatic hydroxyl groups excluding tert-OH is 1. The third-order valence-electron chi connectivity index (χ3n) is 2.90. The van der Waals surface area contributed by atoms with Gasteiger partial charge in [-0.2, -0.15) is 0 Å². The van der Waals surface area contributed by atoms with Crippen molar-refractivity contribution < 1.29 is 10.0 Å². The lowest BCUT2D eigenvalue weighted by molar-refractivity contribution is -0.380. The molecule has 8 heteroatoms. The van der Waals surface area contributed by atoms with Gasteiger partial charge in [-0.15, -0.1) is 0 Å². The van der Waals surface area contributed by atoms with Gasteiger partial charge in [0.2, 0.25) is 0 Å². The number of rotatable bonds is 6. The summed E-state index contributed by atoms with van der Waals surface area (Å²) in [5, 5.41) is 23.7. The van der Waals surface area contributed by atoms with Crippen LogP contribution in [-0.4, -0.2) is 47.3 Å². The maximum atomic E-state index is 10.6. The number of aromatic nitrogens is 1. The van der Waals surface area contributed by atoms with Crippen molar-refractivity contribution >= 4 is 21.5 Å². The smallest absolute Gasteiger partial charge is 0.345 e. The van der Waals surface area contributed by atoms with Gasteiger partial charge in [-0.3, -0.25) is 10.1 Å². The Morgan fingerprint density at radius 1 is 1.72 bits per heavy atom. The van der Waals surface area contributed by atoms with Gasteiger partial charge in [-0.05, 0) is 30.7 Å². The van der Waals surface area contributed by atoms with Crippen LogP contribution in [0.2, 0.25) is 0 Å². The first-order valence-electron chi connectivity index (χ1n) is 5.90. The van der Waals surface area contributed by atoms with Gasteiger partial charge in [-0.25, -0.2) is 4.98 Å². The third-order valence-corrected chi connectivity index (χ3v) is 3.91. The van der Waals surface area contributed by atoms with Crippen LogP contribution >= 0.6 is 11.3 Å². The number of nitro groups is 1. The molecule has 1 aromatic heterocycles. The maximum absolute atomic E-state index is 10.6. The Labute approximate surface area is 109 Å². The molecule has 1 unspecified atom stereocenters. The van der Waals surface area contributed by atoms with Crippen molar-refractivity contribution in [2.75, 3.05) is 31.1 Å². The van der Waals surface area contributed by atoms with Crippen LogP contribution in [0, 0.1) is 10.1 Å². The SMILES string of the molecule is O=[N+]([O-])c1cnc(N(CCO)CC2CCCN2)s1. The molecule has 100 valence electrons. The fourth-order valence-corrected chi connectivity index (χ4v) is 2.82. The number of nitrogens with one attached hydrogen (secondary N) is 1. The van der Waals surface area contributed by atoms with E-state index in [1.54, 1.807) is 0 Å². The predicted molar refractivity (Wildman–Crippen MR) is 69.1 cm³/mol. The first-order chi connectivity index (χ1) is 8.70. The fourth-order valence-electron chi connectivity index (χ4n) is 2.05. The first kappa shape index (κ1) is 13.2. The highest BCUT2D eigenvalue weighted by Gasteiger charge is 2.21. The molecule has 2 rings (SSSR count). The lowest BCUT2D eigenvalue weighted by Crippen LogP contribution is -2.39. The van der Waals surface area contributed by atoms with Crippen molar-refractivity contribution in [3.63, 3.8) is 0 Å². The van der Waals surface area contributed by atoms with Crippen molar-refractivity contribution in [2.24, 2.45) is 0 Å². The van der Waals surface area contributed by atoms with Crippen molar-refractivity contribution in [1.82, 2.24) is 10.3 Å². The molecule has 1 aliphatic heterocycles. The minimum Gasteiger partial charge on any atom is -0.395 e. The molecule has 1 atom stereocenters. The summed E-state index contributed by atoms with van der Waals surface area (Å²) in [5.74, 6) is 0. The van der Waals surface area contributed by atoms with Gasteiger partial charge in [0.25, 0.3) is 0 Å². The molecule has 1 saturated heterocycles. The van der Waals surface area contributed by atoms with E-state index in [9.17, 15) is 10.1 Å². The average Bonchev–Trinajstić information content (AvgIpc) is 2.99. The quantitative estimate of drug-likeness (QED) is 0.582. The summed E-state index contributed by atoms with van der Waals surface area (Å²) in [7, 11) is 0. The van der Waals surface area contributed by atoms with Gasteiger partial charge < -0.3 is 15.3 Å². The minimum absolute atomic E-state index is 0.0140. The molecule has 0 aromatic carbocycles. The minimum atomic E-state index is -0.438. The molecule has 2 heterocycles. The summed E-state index contributed by atoms with van der Waals surface area (Å²) < 4.78 is 0. The number of thiazole rings is 1. The van der Waals surface area contributed by atoms with Gasteiger partial charge in [0.05, 0.1) is 11.5 Å². The Bertz CT molecular complexity index is 406. The standard InChI is InChI=1S/C10H16N4O3S/c15-5-4-13(7-8-2-1-3-11-8)10-12-6-9(18-10)14(16)17/h6,8,11,15H,1-5,7H2. The molecule has 18 heavy (non-hydrogen) atoms. The molecule has 0 radical (unpaired) electrons. The molecular weight excluding hydrogens is 256 g/mol. The molecule has 0 spiro atoms.